The van der Waals surface area contributed by atoms with Crippen LogP contribution in [0.4, 0.5) is 0 Å². The van der Waals surface area contributed by atoms with Gasteiger partial charge in [-0.3, -0.25) is 0 Å². The highest BCUT2D eigenvalue weighted by atomic mass is 79.9. The Bertz CT molecular complexity index is 241. The van der Waals surface area contributed by atoms with E-state index in [4.69, 9.17) is 0 Å². The predicted octanol–water partition coefficient (Wildman–Crippen LogP) is 1.80. The molecule has 0 saturated heterocycles. The molecule has 0 N–H and O–H groups in total. The Morgan fingerprint density at radius 3 is 2.90 bits per heavy atom. The summed E-state index contributed by atoms with van der Waals surface area (Å²) in [6, 6.07) is 1.78. The largest absolute Gasteiger partial charge is 0.619 e. The van der Waals surface area contributed by atoms with E-state index in [1.165, 1.54) is 12.4 Å². The van der Waals surface area contributed by atoms with Gasteiger partial charge in [0.15, 0.2) is 12.4 Å². The monoisotopic (exact) mass is 219 g/mol. The van der Waals surface area contributed by atoms with Crippen LogP contribution in [0.5, 0.6) is 0 Å². The molecule has 0 spiro atoms. The van der Waals surface area contributed by atoms with Gasteiger partial charge in [-0.15, -0.1) is 11.8 Å². The van der Waals surface area contributed by atoms with Crippen LogP contribution in [0.2, 0.25) is 0 Å². The van der Waals surface area contributed by atoms with Gasteiger partial charge in [-0.1, -0.05) is 0 Å². The van der Waals surface area contributed by atoms with Gasteiger partial charge < -0.3 is 5.21 Å². The molecule has 54 valence electrons. The fraction of sp³-hybridized carbons (Fsp3) is 0.167. The van der Waals surface area contributed by atoms with Crippen molar-refractivity contribution in [2.75, 3.05) is 6.26 Å². The number of thioether (sulfide) groups is 1. The van der Waals surface area contributed by atoms with Crippen molar-refractivity contribution in [3.8, 4) is 0 Å². The first-order chi connectivity index (χ1) is 4.74. The first-order valence-corrected chi connectivity index (χ1v) is 4.68. The number of nitrogens with zero attached hydrogens (tertiary/aromatic N) is 1. The van der Waals surface area contributed by atoms with Gasteiger partial charge in [0.25, 0.3) is 0 Å². The summed E-state index contributed by atoms with van der Waals surface area (Å²) in [5.74, 6) is 0. The van der Waals surface area contributed by atoms with E-state index in [0.29, 0.717) is 0 Å². The Morgan fingerprint density at radius 2 is 2.40 bits per heavy atom. The molecule has 0 saturated carbocycles. The fourth-order valence-electron chi connectivity index (χ4n) is 0.605. The van der Waals surface area contributed by atoms with E-state index in [9.17, 15) is 5.21 Å². The molecule has 1 aromatic rings. The molecule has 0 amide bonds. The Kier molecular flexibility index (Phi) is 2.56. The van der Waals surface area contributed by atoms with Crippen molar-refractivity contribution in [2.24, 2.45) is 0 Å². The number of hydrogen-bond acceptors (Lipinski definition) is 2. The van der Waals surface area contributed by atoms with Crippen LogP contribution in [0.15, 0.2) is 27.8 Å². The number of rotatable bonds is 1. The second-order valence-corrected chi connectivity index (χ2v) is 3.42. The van der Waals surface area contributed by atoms with Crippen LogP contribution in [0.25, 0.3) is 0 Å². The minimum atomic E-state index is 0.768. The standard InChI is InChI=1S/C6H6BrNOS/c1-10-6-2-3-8(9)4-5(6)7/h2-4H,1H3. The van der Waals surface area contributed by atoms with Gasteiger partial charge in [-0.2, -0.15) is 4.73 Å². The summed E-state index contributed by atoms with van der Waals surface area (Å²) in [4.78, 5) is 1.08. The number of pyridine rings is 1. The first kappa shape index (κ1) is 7.88. The van der Waals surface area contributed by atoms with Crippen molar-refractivity contribution >= 4 is 27.7 Å². The van der Waals surface area contributed by atoms with Crippen LogP contribution >= 0.6 is 27.7 Å². The topological polar surface area (TPSA) is 26.9 Å². The summed E-state index contributed by atoms with van der Waals surface area (Å²) < 4.78 is 1.61. The average Bonchev–Trinajstić information content (AvgIpc) is 1.88. The SMILES string of the molecule is CSc1cc[n+]([O-])cc1Br. The highest BCUT2D eigenvalue weighted by molar-refractivity contribution is 9.10. The van der Waals surface area contributed by atoms with E-state index in [0.717, 1.165) is 14.1 Å². The van der Waals surface area contributed by atoms with Crippen LogP contribution in [0, 0.1) is 5.21 Å². The molecule has 2 nitrogen and oxygen atoms in total. The first-order valence-electron chi connectivity index (χ1n) is 2.66. The quantitative estimate of drug-likeness (QED) is 0.410. The maximum atomic E-state index is 10.6. The number of halogens is 1. The third-order valence-electron chi connectivity index (χ3n) is 1.07. The molecule has 4 heteroatoms. The Morgan fingerprint density at radius 1 is 1.70 bits per heavy atom. The molecule has 1 aromatic heterocycles. The van der Waals surface area contributed by atoms with Crippen LogP contribution in [-0.2, 0) is 0 Å². The minimum Gasteiger partial charge on any atom is -0.619 e. The normalized spacial score (nSPS) is 9.80. The third kappa shape index (κ3) is 1.64. The lowest BCUT2D eigenvalue weighted by atomic mass is 10.5. The van der Waals surface area contributed by atoms with Gasteiger partial charge in [0.2, 0.25) is 0 Å². The Hall–Kier alpha value is -0.220. The summed E-state index contributed by atoms with van der Waals surface area (Å²) in [7, 11) is 0. The second kappa shape index (κ2) is 3.25. The molecule has 0 fully saturated rings. The molecule has 10 heavy (non-hydrogen) atoms. The Balaban J connectivity index is 3.07. The summed E-state index contributed by atoms with van der Waals surface area (Å²) >= 11 is 4.87. The second-order valence-electron chi connectivity index (χ2n) is 1.72. The van der Waals surface area contributed by atoms with Crippen LogP contribution in [0.3, 0.4) is 0 Å². The Labute approximate surface area is 72.0 Å². The lowest BCUT2D eigenvalue weighted by Gasteiger charge is -1.98. The lowest BCUT2D eigenvalue weighted by Crippen LogP contribution is -2.24. The zero-order chi connectivity index (χ0) is 7.56. The molecule has 0 aliphatic carbocycles. The third-order valence-corrected chi connectivity index (χ3v) is 2.76. The van der Waals surface area contributed by atoms with Crippen molar-refractivity contribution < 1.29 is 4.73 Å². The smallest absolute Gasteiger partial charge is 0.195 e. The fourth-order valence-corrected chi connectivity index (χ4v) is 1.87. The maximum Gasteiger partial charge on any atom is 0.195 e. The van der Waals surface area contributed by atoms with Crippen molar-refractivity contribution in [1.82, 2.24) is 0 Å². The summed E-state index contributed by atoms with van der Waals surface area (Å²) in [6.07, 6.45) is 4.94. The van der Waals surface area contributed by atoms with Gasteiger partial charge in [0.1, 0.15) is 0 Å². The predicted molar refractivity (Wildman–Crippen MR) is 44.9 cm³/mol. The van der Waals surface area contributed by atoms with E-state index >= 15 is 0 Å². The average molecular weight is 220 g/mol. The summed E-state index contributed by atoms with van der Waals surface area (Å²) in [5.41, 5.74) is 0. The van der Waals surface area contributed by atoms with Crippen molar-refractivity contribution in [3.63, 3.8) is 0 Å². The van der Waals surface area contributed by atoms with E-state index < -0.39 is 0 Å². The molecule has 0 aliphatic heterocycles. The van der Waals surface area contributed by atoms with Crippen LogP contribution in [0.1, 0.15) is 0 Å². The number of aromatic nitrogens is 1. The van der Waals surface area contributed by atoms with Gasteiger partial charge >= 0.3 is 0 Å². The number of hydrogen-bond donors (Lipinski definition) is 0. The van der Waals surface area contributed by atoms with Crippen molar-refractivity contribution in [2.45, 2.75) is 4.90 Å². The van der Waals surface area contributed by atoms with E-state index in [2.05, 4.69) is 15.9 Å². The van der Waals surface area contributed by atoms with E-state index in [-0.39, 0.29) is 0 Å². The van der Waals surface area contributed by atoms with Crippen LogP contribution in [-0.4, -0.2) is 6.26 Å². The minimum absolute atomic E-state index is 0.768. The zero-order valence-corrected chi connectivity index (χ0v) is 7.78. The van der Waals surface area contributed by atoms with Crippen molar-refractivity contribution in [3.05, 3.63) is 28.1 Å². The molecule has 1 rings (SSSR count). The van der Waals surface area contributed by atoms with Crippen LogP contribution < -0.4 is 4.73 Å². The van der Waals surface area contributed by atoms with E-state index in [1.54, 1.807) is 17.8 Å². The van der Waals surface area contributed by atoms with Gasteiger partial charge in [-0.25, -0.2) is 0 Å². The lowest BCUT2D eigenvalue weighted by molar-refractivity contribution is -0.606. The molecule has 0 radical (unpaired) electrons. The molecule has 0 aromatic carbocycles. The summed E-state index contributed by atoms with van der Waals surface area (Å²) in [6.45, 7) is 0. The molecular formula is C6H6BrNOS. The molecule has 0 atom stereocenters. The van der Waals surface area contributed by atoms with Crippen molar-refractivity contribution in [1.29, 1.82) is 0 Å². The molecular weight excluding hydrogens is 214 g/mol. The molecule has 0 aliphatic rings. The molecule has 0 unspecified atom stereocenters. The van der Waals surface area contributed by atoms with Gasteiger partial charge in [0, 0.05) is 11.0 Å². The van der Waals surface area contributed by atoms with Gasteiger partial charge in [0.05, 0.1) is 4.47 Å². The summed E-state index contributed by atoms with van der Waals surface area (Å²) in [5, 5.41) is 10.6. The highest BCUT2D eigenvalue weighted by Crippen LogP contribution is 2.22. The molecule has 1 heterocycles. The van der Waals surface area contributed by atoms with E-state index in [1.807, 2.05) is 6.26 Å². The maximum absolute atomic E-state index is 10.6. The highest BCUT2D eigenvalue weighted by Gasteiger charge is 2.00. The molecule has 0 bridgehead atoms. The zero-order valence-electron chi connectivity index (χ0n) is 5.37. The van der Waals surface area contributed by atoms with Gasteiger partial charge in [-0.05, 0) is 22.2 Å².